The van der Waals surface area contributed by atoms with Gasteiger partial charge >= 0.3 is 17.9 Å². The Morgan fingerprint density at radius 2 is 1.84 bits per heavy atom. The van der Waals surface area contributed by atoms with Crippen molar-refractivity contribution >= 4 is 35.5 Å². The fourth-order valence-corrected chi connectivity index (χ4v) is 4.78. The van der Waals surface area contributed by atoms with Crippen LogP contribution in [-0.4, -0.2) is 59.7 Å². The summed E-state index contributed by atoms with van der Waals surface area (Å²) in [5.41, 5.74) is 7.64. The normalized spacial score (nSPS) is 13.2. The number of nitrogens with one attached hydrogen (secondary N) is 3. The van der Waals surface area contributed by atoms with E-state index in [9.17, 15) is 29.4 Å². The summed E-state index contributed by atoms with van der Waals surface area (Å²) in [7, 11) is 1.51. The number of hydrogen-bond donors (Lipinski definition) is 6. The molecule has 0 radical (unpaired) electrons. The molecular weight excluding hydrogens is 572 g/mol. The Morgan fingerprint density at radius 1 is 1.09 bits per heavy atom. The Hall–Kier alpha value is -5.59. The van der Waals surface area contributed by atoms with Gasteiger partial charge in [0.1, 0.15) is 11.8 Å². The highest BCUT2D eigenvalue weighted by Gasteiger charge is 2.29. The van der Waals surface area contributed by atoms with Crippen molar-refractivity contribution in [2.24, 2.45) is 5.73 Å². The van der Waals surface area contributed by atoms with E-state index in [1.807, 2.05) is 0 Å². The molecule has 0 saturated carbocycles. The van der Waals surface area contributed by atoms with Crippen LogP contribution in [0.4, 0.5) is 5.69 Å². The minimum absolute atomic E-state index is 0.0440. The lowest BCUT2D eigenvalue weighted by Gasteiger charge is -2.22. The number of fused-ring (bicyclic) bond motifs is 2. The molecular formula is C31H32N4O9. The van der Waals surface area contributed by atoms with Crippen LogP contribution in [0, 0.1) is 5.41 Å². The molecule has 230 valence electrons. The van der Waals surface area contributed by atoms with Gasteiger partial charge in [-0.15, -0.1) is 0 Å². The number of amides is 1. The second kappa shape index (κ2) is 14.1. The molecule has 13 heteroatoms. The molecule has 7 N–H and O–H groups in total. The first-order valence-electron chi connectivity index (χ1n) is 13.7. The summed E-state index contributed by atoms with van der Waals surface area (Å²) in [6, 6.07) is 13.0. The molecule has 3 aromatic rings. The number of rotatable bonds is 10. The predicted molar refractivity (Wildman–Crippen MR) is 159 cm³/mol. The molecule has 13 nitrogen and oxygen atoms in total. The topological polar surface area (TPSA) is 210 Å². The number of aliphatic carboxylic acids is 2. The van der Waals surface area contributed by atoms with Gasteiger partial charge in [-0.1, -0.05) is 18.2 Å². The average molecular weight is 605 g/mol. The Kier molecular flexibility index (Phi) is 10.0. The van der Waals surface area contributed by atoms with Crippen LogP contribution in [0.5, 0.6) is 17.2 Å². The lowest BCUT2D eigenvalue weighted by molar-refractivity contribution is -0.139. The van der Waals surface area contributed by atoms with Gasteiger partial charge in [0.05, 0.1) is 24.8 Å². The van der Waals surface area contributed by atoms with Crippen molar-refractivity contribution in [3.8, 4) is 17.2 Å². The number of carboxylic acids is 2. The number of anilines is 1. The number of guanidine groups is 1. The van der Waals surface area contributed by atoms with E-state index in [4.69, 9.17) is 25.4 Å². The van der Waals surface area contributed by atoms with E-state index in [0.717, 1.165) is 0 Å². The Morgan fingerprint density at radius 3 is 2.50 bits per heavy atom. The van der Waals surface area contributed by atoms with E-state index < -0.39 is 29.9 Å². The molecule has 1 heterocycles. The number of aryl methyl sites for hydroxylation is 2. The Labute approximate surface area is 252 Å². The number of benzene rings is 3. The highest BCUT2D eigenvalue weighted by atomic mass is 16.6. The van der Waals surface area contributed by atoms with Crippen LogP contribution in [0.25, 0.3) is 0 Å². The van der Waals surface area contributed by atoms with Crippen LogP contribution >= 0.6 is 0 Å². The second-order valence-electron chi connectivity index (χ2n) is 9.99. The summed E-state index contributed by atoms with van der Waals surface area (Å²) >= 11 is 0. The molecule has 0 bridgehead atoms. The zero-order valence-electron chi connectivity index (χ0n) is 23.8. The van der Waals surface area contributed by atoms with Gasteiger partial charge in [-0.25, -0.2) is 9.59 Å². The molecule has 1 aliphatic heterocycles. The fraction of sp³-hybridized carbons (Fsp3) is 0.258. The number of ether oxygens (including phenoxy) is 3. The van der Waals surface area contributed by atoms with Crippen molar-refractivity contribution in [1.82, 2.24) is 5.32 Å². The number of methoxy groups -OCH3 is 1. The molecule has 0 saturated heterocycles. The Bertz CT molecular complexity index is 1590. The summed E-state index contributed by atoms with van der Waals surface area (Å²) in [5.74, 6) is -3.78. The van der Waals surface area contributed by atoms with Gasteiger partial charge < -0.3 is 40.8 Å². The van der Waals surface area contributed by atoms with Crippen LogP contribution in [-0.2, 0) is 28.9 Å². The highest BCUT2D eigenvalue weighted by Crippen LogP contribution is 2.36. The number of carbonyl (C=O) groups excluding carboxylic acids is 2. The van der Waals surface area contributed by atoms with E-state index in [1.165, 1.54) is 25.3 Å². The van der Waals surface area contributed by atoms with E-state index in [-0.39, 0.29) is 60.0 Å². The highest BCUT2D eigenvalue weighted by molar-refractivity contribution is 6.02. The fourth-order valence-electron chi connectivity index (χ4n) is 4.78. The largest absolute Gasteiger partial charge is 0.497 e. The van der Waals surface area contributed by atoms with E-state index >= 15 is 0 Å². The van der Waals surface area contributed by atoms with Crippen LogP contribution in [0.3, 0.4) is 0 Å². The second-order valence-corrected chi connectivity index (χ2v) is 9.99. The van der Waals surface area contributed by atoms with Crippen molar-refractivity contribution in [1.29, 1.82) is 5.41 Å². The van der Waals surface area contributed by atoms with Crippen molar-refractivity contribution in [2.75, 3.05) is 19.0 Å². The van der Waals surface area contributed by atoms with E-state index in [1.54, 1.807) is 36.4 Å². The van der Waals surface area contributed by atoms with Crippen molar-refractivity contribution in [3.05, 3.63) is 82.4 Å². The average Bonchev–Trinajstić information content (AvgIpc) is 2.98. The smallest absolute Gasteiger partial charge is 0.343 e. The molecule has 3 aromatic carbocycles. The van der Waals surface area contributed by atoms with Gasteiger partial charge in [-0.2, -0.15) is 0 Å². The van der Waals surface area contributed by atoms with Gasteiger partial charge in [-0.3, -0.25) is 15.0 Å². The van der Waals surface area contributed by atoms with Gasteiger partial charge in [0.15, 0.2) is 17.5 Å². The number of nitrogens with two attached hydrogens (primary N) is 1. The maximum absolute atomic E-state index is 13.7. The Balaban J connectivity index is 1.69. The van der Waals surface area contributed by atoms with Crippen LogP contribution in [0.15, 0.2) is 54.6 Å². The monoisotopic (exact) mass is 604 g/mol. The molecule has 0 aromatic heterocycles. The van der Waals surface area contributed by atoms with E-state index in [2.05, 4.69) is 10.6 Å². The number of carbonyl (C=O) groups is 4. The van der Waals surface area contributed by atoms with Crippen LogP contribution in [0.2, 0.25) is 0 Å². The maximum atomic E-state index is 13.7. The summed E-state index contributed by atoms with van der Waals surface area (Å²) in [4.78, 5) is 50.6. The van der Waals surface area contributed by atoms with Gasteiger partial charge in [0, 0.05) is 18.5 Å². The maximum Gasteiger partial charge on any atom is 0.343 e. The van der Waals surface area contributed by atoms with Gasteiger partial charge in [0.25, 0.3) is 5.91 Å². The van der Waals surface area contributed by atoms with Crippen molar-refractivity contribution in [2.45, 2.75) is 38.1 Å². The summed E-state index contributed by atoms with van der Waals surface area (Å²) in [6.07, 6.45) is 0.387. The van der Waals surface area contributed by atoms with Crippen LogP contribution < -0.4 is 30.6 Å². The first kappa shape index (κ1) is 31.3. The lowest BCUT2D eigenvalue weighted by atomic mass is 9.98. The SMILES string of the molecule is COc1ccc(C[C@H](NC(=O)c2c(CCC(=O)O)ccc3c2OCCCc2cc(NC(=N)N)ccc2C(=O)O3)C(=O)O)cc1. The predicted octanol–water partition coefficient (Wildman–Crippen LogP) is 2.99. The van der Waals surface area contributed by atoms with Gasteiger partial charge in [-0.05, 0) is 72.4 Å². The van der Waals surface area contributed by atoms with E-state index in [0.29, 0.717) is 35.4 Å². The van der Waals surface area contributed by atoms with Gasteiger partial charge in [0.2, 0.25) is 0 Å². The molecule has 44 heavy (non-hydrogen) atoms. The number of esters is 1. The third-order valence-corrected chi connectivity index (χ3v) is 6.89. The molecule has 1 atom stereocenters. The molecule has 1 amide bonds. The zero-order chi connectivity index (χ0) is 31.8. The summed E-state index contributed by atoms with van der Waals surface area (Å²) in [5, 5.41) is 31.9. The third-order valence-electron chi connectivity index (χ3n) is 6.89. The van der Waals surface area contributed by atoms with Crippen LogP contribution in [0.1, 0.15) is 50.2 Å². The molecule has 4 rings (SSSR count). The molecule has 0 aliphatic carbocycles. The van der Waals surface area contributed by atoms with Crippen molar-refractivity contribution < 1.29 is 43.6 Å². The first-order valence-corrected chi connectivity index (χ1v) is 13.7. The zero-order valence-corrected chi connectivity index (χ0v) is 23.8. The minimum Gasteiger partial charge on any atom is -0.497 e. The first-order chi connectivity index (χ1) is 21.0. The standard InChI is InChI=1S/C31H32N4O9/c1-42-21-9-4-17(5-10-21)15-23(29(39)40)35-28(38)26-18(7-13-25(36)37)6-12-24-27(26)43-14-2-3-19-16-20(34-31(32)33)8-11-22(19)30(41)44-24/h4-6,8-12,16,23H,2-3,7,13-15H2,1H3,(H,35,38)(H,36,37)(H,39,40)(H4,32,33,34)/t23-/m0/s1. The molecule has 0 unspecified atom stereocenters. The quantitative estimate of drug-likeness (QED) is 0.0857. The number of carboxylic acid groups (broad SMARTS) is 2. The summed E-state index contributed by atoms with van der Waals surface area (Å²) < 4.78 is 16.8. The third kappa shape index (κ3) is 7.82. The van der Waals surface area contributed by atoms with Crippen molar-refractivity contribution in [3.63, 3.8) is 0 Å². The lowest BCUT2D eigenvalue weighted by Crippen LogP contribution is -2.42. The minimum atomic E-state index is -1.34. The number of hydrogen-bond acceptors (Lipinski definition) is 8. The summed E-state index contributed by atoms with van der Waals surface area (Å²) in [6.45, 7) is 0.0885. The molecule has 1 aliphatic rings. The molecule has 0 fully saturated rings. The molecule has 0 spiro atoms.